The maximum absolute atomic E-state index is 14.4. The predicted molar refractivity (Wildman–Crippen MR) is 190 cm³/mol. The first-order valence-corrected chi connectivity index (χ1v) is 16.7. The summed E-state index contributed by atoms with van der Waals surface area (Å²) in [6.45, 7) is 4.20. The van der Waals surface area contributed by atoms with Gasteiger partial charge in [-0.25, -0.2) is 0 Å². The van der Waals surface area contributed by atoms with Crippen LogP contribution >= 0.6 is 11.3 Å². The van der Waals surface area contributed by atoms with Gasteiger partial charge in [0.1, 0.15) is 12.1 Å². The number of amides is 3. The molecule has 2 heterocycles. The van der Waals surface area contributed by atoms with Gasteiger partial charge in [-0.1, -0.05) is 66.7 Å². The Labute approximate surface area is 282 Å². The fourth-order valence-electron chi connectivity index (χ4n) is 5.22. The molecule has 3 N–H and O–H groups in total. The van der Waals surface area contributed by atoms with Crippen LogP contribution in [0.25, 0.3) is 11.1 Å². The molecule has 0 aliphatic heterocycles. The summed E-state index contributed by atoms with van der Waals surface area (Å²) in [7, 11) is 3.29. The van der Waals surface area contributed by atoms with Crippen molar-refractivity contribution in [1.82, 2.24) is 20.1 Å². The molecule has 0 bridgehead atoms. The van der Waals surface area contributed by atoms with Crippen LogP contribution in [0.15, 0.2) is 109 Å². The van der Waals surface area contributed by atoms with E-state index in [1.807, 2.05) is 98.1 Å². The average molecular weight is 652 g/mol. The molecule has 0 unspecified atom stereocenters. The van der Waals surface area contributed by atoms with Gasteiger partial charge in [-0.05, 0) is 78.6 Å². The Morgan fingerprint density at radius 2 is 1.53 bits per heavy atom. The molecular formula is C38H45N5O3S. The third kappa shape index (κ3) is 10.7. The van der Waals surface area contributed by atoms with Crippen LogP contribution in [0.4, 0.5) is 0 Å². The zero-order valence-corrected chi connectivity index (χ0v) is 28.5. The fraction of sp³-hybridized carbons (Fsp3) is 0.316. The van der Waals surface area contributed by atoms with E-state index >= 15 is 0 Å². The number of aromatic nitrogens is 1. The molecule has 4 rings (SSSR count). The summed E-state index contributed by atoms with van der Waals surface area (Å²) in [6.07, 6.45) is 8.47. The average Bonchev–Trinajstić information content (AvgIpc) is 3.59. The van der Waals surface area contributed by atoms with E-state index in [0.717, 1.165) is 27.1 Å². The van der Waals surface area contributed by atoms with Gasteiger partial charge >= 0.3 is 0 Å². The summed E-state index contributed by atoms with van der Waals surface area (Å²) in [5, 5.41) is 4.99. The van der Waals surface area contributed by atoms with Crippen LogP contribution in [0.2, 0.25) is 0 Å². The second-order valence-electron chi connectivity index (χ2n) is 12.5. The normalized spacial score (nSPS) is 12.8. The molecule has 9 heteroatoms. The number of hydrogen-bond donors (Lipinski definition) is 2. The van der Waals surface area contributed by atoms with Gasteiger partial charge in [0.15, 0.2) is 0 Å². The fourth-order valence-corrected chi connectivity index (χ4v) is 5.97. The number of nitrogens with zero attached hydrogens (tertiary/aromatic N) is 3. The van der Waals surface area contributed by atoms with Crippen molar-refractivity contribution in [2.45, 2.75) is 57.2 Å². The minimum Gasteiger partial charge on any atom is -0.354 e. The molecule has 0 saturated carbocycles. The van der Waals surface area contributed by atoms with Crippen LogP contribution in [-0.2, 0) is 33.6 Å². The maximum Gasteiger partial charge on any atom is 0.246 e. The summed E-state index contributed by atoms with van der Waals surface area (Å²) in [4.78, 5) is 49.5. The molecule has 3 amide bonds. The monoisotopic (exact) mass is 651 g/mol. The van der Waals surface area contributed by atoms with Gasteiger partial charge in [0.2, 0.25) is 17.7 Å². The van der Waals surface area contributed by atoms with E-state index in [0.29, 0.717) is 25.8 Å². The number of nitrogens with two attached hydrogens (primary N) is 1. The van der Waals surface area contributed by atoms with Crippen molar-refractivity contribution < 1.29 is 14.4 Å². The van der Waals surface area contributed by atoms with E-state index < -0.39 is 17.6 Å². The summed E-state index contributed by atoms with van der Waals surface area (Å²) < 4.78 is 0. The van der Waals surface area contributed by atoms with Gasteiger partial charge in [0, 0.05) is 56.3 Å². The topological polar surface area (TPSA) is 109 Å². The molecular weight excluding hydrogens is 607 g/mol. The number of benzene rings is 2. The highest BCUT2D eigenvalue weighted by molar-refractivity contribution is 7.09. The van der Waals surface area contributed by atoms with Crippen molar-refractivity contribution in [2.75, 3.05) is 20.6 Å². The summed E-state index contributed by atoms with van der Waals surface area (Å²) in [5.74, 6) is -0.863. The lowest BCUT2D eigenvalue weighted by molar-refractivity contribution is -0.146. The third-order valence-electron chi connectivity index (χ3n) is 8.05. The molecule has 0 aliphatic rings. The Kier molecular flexibility index (Phi) is 12.6. The van der Waals surface area contributed by atoms with Crippen molar-refractivity contribution in [1.29, 1.82) is 0 Å². The maximum atomic E-state index is 14.4. The third-order valence-corrected chi connectivity index (χ3v) is 8.95. The molecule has 8 nitrogen and oxygen atoms in total. The standard InChI is InChI=1S/C38H45N5O3S/c1-38(2,39)21-8-13-35(44)42(3)34(26-29-14-16-31(17-15-29)30-10-6-5-7-11-30)37(46)43(4)33(27-32-12-9-25-47-32)36(45)41-24-20-28-18-22-40-23-19-28/h5-19,22-23,25,33-34H,20-21,24,26-27,39H2,1-4H3,(H,41,45)/b13-8+/t33-,34-/m1/s1. The first-order valence-electron chi connectivity index (χ1n) is 15.8. The van der Waals surface area contributed by atoms with Crippen molar-refractivity contribution in [2.24, 2.45) is 5.73 Å². The van der Waals surface area contributed by atoms with Crippen molar-refractivity contribution in [3.8, 4) is 11.1 Å². The number of likely N-dealkylation sites (N-methyl/N-ethyl adjacent to an activating group) is 2. The van der Waals surface area contributed by atoms with E-state index in [1.54, 1.807) is 43.9 Å². The molecule has 246 valence electrons. The molecule has 4 aromatic rings. The Balaban J connectivity index is 1.57. The second-order valence-corrected chi connectivity index (χ2v) is 13.5. The lowest BCUT2D eigenvalue weighted by Crippen LogP contribution is -2.56. The number of pyridine rings is 1. The van der Waals surface area contributed by atoms with Crippen LogP contribution < -0.4 is 11.1 Å². The lowest BCUT2D eigenvalue weighted by Gasteiger charge is -2.34. The molecule has 0 spiro atoms. The first-order chi connectivity index (χ1) is 22.5. The Bertz CT molecular complexity index is 1600. The number of carbonyl (C=O) groups excluding carboxylic acids is 3. The van der Waals surface area contributed by atoms with Gasteiger partial charge in [0.05, 0.1) is 0 Å². The number of carbonyl (C=O) groups is 3. The number of hydrogen-bond acceptors (Lipinski definition) is 6. The van der Waals surface area contributed by atoms with Crippen LogP contribution in [0.3, 0.4) is 0 Å². The smallest absolute Gasteiger partial charge is 0.246 e. The minimum absolute atomic E-state index is 0.242. The van der Waals surface area contributed by atoms with Crippen LogP contribution in [0, 0.1) is 0 Å². The molecule has 0 radical (unpaired) electrons. The zero-order chi connectivity index (χ0) is 33.8. The van der Waals surface area contributed by atoms with Crippen LogP contribution in [0.5, 0.6) is 0 Å². The highest BCUT2D eigenvalue weighted by Crippen LogP contribution is 2.22. The van der Waals surface area contributed by atoms with Gasteiger partial charge in [-0.3, -0.25) is 19.4 Å². The van der Waals surface area contributed by atoms with Gasteiger partial charge < -0.3 is 20.9 Å². The van der Waals surface area contributed by atoms with Crippen molar-refractivity contribution >= 4 is 29.1 Å². The van der Waals surface area contributed by atoms with E-state index in [9.17, 15) is 14.4 Å². The van der Waals surface area contributed by atoms with Crippen LogP contribution in [-0.4, -0.2) is 70.8 Å². The van der Waals surface area contributed by atoms with E-state index in [2.05, 4.69) is 10.3 Å². The highest BCUT2D eigenvalue weighted by Gasteiger charge is 2.35. The summed E-state index contributed by atoms with van der Waals surface area (Å²) in [5.41, 5.74) is 9.76. The quantitative estimate of drug-likeness (QED) is 0.170. The molecule has 0 aliphatic carbocycles. The predicted octanol–water partition coefficient (Wildman–Crippen LogP) is 5.29. The Morgan fingerprint density at radius 1 is 0.851 bits per heavy atom. The highest BCUT2D eigenvalue weighted by atomic mass is 32.1. The molecule has 2 aromatic heterocycles. The SMILES string of the molecule is CN(C(=O)/C=C/CC(C)(C)N)[C@H](Cc1ccc(-c2ccccc2)cc1)C(=O)N(C)[C@H](Cc1cccs1)C(=O)NCCc1ccncc1. The number of rotatable bonds is 15. The van der Waals surface area contributed by atoms with E-state index in [-0.39, 0.29) is 24.1 Å². The van der Waals surface area contributed by atoms with Gasteiger partial charge in [-0.2, -0.15) is 0 Å². The molecule has 2 atom stereocenters. The van der Waals surface area contributed by atoms with Crippen LogP contribution in [0.1, 0.15) is 36.3 Å². The van der Waals surface area contributed by atoms with Crippen molar-refractivity contribution in [3.05, 3.63) is 125 Å². The Hall–Kier alpha value is -4.60. The first kappa shape index (κ1) is 35.3. The molecule has 2 aromatic carbocycles. The minimum atomic E-state index is -0.846. The Morgan fingerprint density at radius 3 is 2.17 bits per heavy atom. The largest absolute Gasteiger partial charge is 0.354 e. The lowest BCUT2D eigenvalue weighted by atomic mass is 9.98. The molecule has 0 saturated heterocycles. The zero-order valence-electron chi connectivity index (χ0n) is 27.6. The molecule has 0 fully saturated rings. The number of nitrogens with one attached hydrogen (secondary N) is 1. The number of thiophene rings is 1. The summed E-state index contributed by atoms with van der Waals surface area (Å²) in [6, 6.07) is 24.2. The molecule has 47 heavy (non-hydrogen) atoms. The second kappa shape index (κ2) is 16.8. The van der Waals surface area contributed by atoms with Gasteiger partial charge in [-0.15, -0.1) is 11.3 Å². The van der Waals surface area contributed by atoms with Crippen molar-refractivity contribution in [3.63, 3.8) is 0 Å². The van der Waals surface area contributed by atoms with Gasteiger partial charge in [0.25, 0.3) is 0 Å². The van der Waals surface area contributed by atoms with E-state index in [1.165, 1.54) is 15.9 Å². The summed E-state index contributed by atoms with van der Waals surface area (Å²) >= 11 is 1.54. The van der Waals surface area contributed by atoms with E-state index in [4.69, 9.17) is 5.73 Å².